The fraction of sp³-hybridized carbons (Fsp3) is 0.350. The molecule has 2 rings (SSSR count). The van der Waals surface area contributed by atoms with Gasteiger partial charge >= 0.3 is 0 Å². The number of rotatable bonds is 10. The Labute approximate surface area is 149 Å². The molecule has 2 aromatic carbocycles. The van der Waals surface area contributed by atoms with E-state index in [9.17, 15) is 4.79 Å². The van der Waals surface area contributed by atoms with Crippen LogP contribution in [0.3, 0.4) is 0 Å². The van der Waals surface area contributed by atoms with Crippen LogP contribution < -0.4 is 14.8 Å². The molecule has 1 N–H and O–H groups in total. The monoisotopic (exact) mass is 342 g/mol. The Morgan fingerprint density at radius 1 is 0.960 bits per heavy atom. The van der Waals surface area contributed by atoms with Crippen molar-refractivity contribution in [2.45, 2.75) is 13.8 Å². The molecule has 0 aliphatic heterocycles. The van der Waals surface area contributed by atoms with E-state index < -0.39 is 0 Å². The second-order valence-electron chi connectivity index (χ2n) is 5.52. The summed E-state index contributed by atoms with van der Waals surface area (Å²) >= 11 is 0. The molecule has 5 nitrogen and oxygen atoms in total. The molecule has 0 atom stereocenters. The summed E-state index contributed by atoms with van der Waals surface area (Å²) in [4.78, 5) is 14.4. The number of amides is 1. The van der Waals surface area contributed by atoms with E-state index in [1.54, 1.807) is 0 Å². The average Bonchev–Trinajstić information content (AvgIpc) is 2.66. The van der Waals surface area contributed by atoms with E-state index in [1.165, 1.54) is 0 Å². The summed E-state index contributed by atoms with van der Waals surface area (Å²) < 4.78 is 11.3. The van der Waals surface area contributed by atoms with Gasteiger partial charge < -0.3 is 19.7 Å². The van der Waals surface area contributed by atoms with E-state index >= 15 is 0 Å². The molecule has 1 amide bonds. The maximum atomic E-state index is 12.1. The van der Waals surface area contributed by atoms with Crippen LogP contribution in [-0.4, -0.2) is 43.7 Å². The zero-order valence-electron chi connectivity index (χ0n) is 14.9. The molecule has 0 radical (unpaired) electrons. The Hall–Kier alpha value is -2.53. The molecule has 0 unspecified atom stereocenters. The van der Waals surface area contributed by atoms with Crippen LogP contribution >= 0.6 is 0 Å². The van der Waals surface area contributed by atoms with Crippen LogP contribution in [-0.2, 0) is 4.79 Å². The highest BCUT2D eigenvalue weighted by Gasteiger charge is 2.09. The van der Waals surface area contributed by atoms with Gasteiger partial charge in [0.1, 0.15) is 18.1 Å². The second-order valence-corrected chi connectivity index (χ2v) is 5.52. The third-order valence-corrected chi connectivity index (χ3v) is 3.83. The van der Waals surface area contributed by atoms with Crippen molar-refractivity contribution in [2.24, 2.45) is 0 Å². The maximum Gasteiger partial charge on any atom is 0.262 e. The maximum absolute atomic E-state index is 12.1. The van der Waals surface area contributed by atoms with Crippen LogP contribution in [0.25, 0.3) is 0 Å². The van der Waals surface area contributed by atoms with Gasteiger partial charge in [0.25, 0.3) is 5.91 Å². The SMILES string of the molecule is CCN(CC)CCOc1ccccc1NC(=O)COc1ccccc1. The molecule has 0 aliphatic carbocycles. The predicted octanol–water partition coefficient (Wildman–Crippen LogP) is 3.42. The molecule has 0 aliphatic rings. The normalized spacial score (nSPS) is 10.5. The number of ether oxygens (including phenoxy) is 2. The van der Waals surface area contributed by atoms with Gasteiger partial charge in [-0.1, -0.05) is 44.2 Å². The molecule has 2 aromatic rings. The lowest BCUT2D eigenvalue weighted by molar-refractivity contribution is -0.118. The number of benzene rings is 2. The van der Waals surface area contributed by atoms with E-state index in [0.29, 0.717) is 23.8 Å². The summed E-state index contributed by atoms with van der Waals surface area (Å²) in [5.41, 5.74) is 0.656. The quantitative estimate of drug-likeness (QED) is 0.719. The highest BCUT2D eigenvalue weighted by atomic mass is 16.5. The van der Waals surface area contributed by atoms with Crippen molar-refractivity contribution < 1.29 is 14.3 Å². The van der Waals surface area contributed by atoms with Crippen LogP contribution in [0, 0.1) is 0 Å². The first-order valence-electron chi connectivity index (χ1n) is 8.64. The molecular formula is C20H26N2O3. The van der Waals surface area contributed by atoms with Crippen LogP contribution in [0.5, 0.6) is 11.5 Å². The molecule has 0 heterocycles. The lowest BCUT2D eigenvalue weighted by Crippen LogP contribution is -2.28. The summed E-state index contributed by atoms with van der Waals surface area (Å²) in [6, 6.07) is 16.7. The number of hydrogen-bond acceptors (Lipinski definition) is 4. The predicted molar refractivity (Wildman–Crippen MR) is 100 cm³/mol. The van der Waals surface area contributed by atoms with Crippen LogP contribution in [0.1, 0.15) is 13.8 Å². The Morgan fingerprint density at radius 3 is 2.36 bits per heavy atom. The minimum absolute atomic E-state index is 0.0439. The minimum Gasteiger partial charge on any atom is -0.490 e. The third kappa shape index (κ3) is 6.47. The fourth-order valence-electron chi connectivity index (χ4n) is 2.37. The van der Waals surface area contributed by atoms with Gasteiger partial charge in [0, 0.05) is 6.54 Å². The Kier molecular flexibility index (Phi) is 7.79. The Balaban J connectivity index is 1.85. The standard InChI is InChI=1S/C20H26N2O3/c1-3-22(4-2)14-15-24-19-13-9-8-12-18(19)21-20(23)16-25-17-10-6-5-7-11-17/h5-13H,3-4,14-16H2,1-2H3,(H,21,23). The summed E-state index contributed by atoms with van der Waals surface area (Å²) in [6.07, 6.45) is 0. The zero-order valence-corrected chi connectivity index (χ0v) is 14.9. The molecule has 0 fully saturated rings. The third-order valence-electron chi connectivity index (χ3n) is 3.83. The van der Waals surface area contributed by atoms with Crippen LogP contribution in [0.15, 0.2) is 54.6 Å². The molecule has 25 heavy (non-hydrogen) atoms. The number of anilines is 1. The van der Waals surface area contributed by atoms with E-state index in [4.69, 9.17) is 9.47 Å². The Bertz CT molecular complexity index is 642. The van der Waals surface area contributed by atoms with Gasteiger partial charge in [-0.2, -0.15) is 0 Å². The number of carbonyl (C=O) groups is 1. The first-order valence-corrected chi connectivity index (χ1v) is 8.64. The number of nitrogens with zero attached hydrogens (tertiary/aromatic N) is 1. The van der Waals surface area contributed by atoms with Crippen molar-refractivity contribution in [1.29, 1.82) is 0 Å². The number of likely N-dealkylation sites (N-methyl/N-ethyl adjacent to an activating group) is 1. The van der Waals surface area contributed by atoms with Crippen molar-refractivity contribution in [3.63, 3.8) is 0 Å². The molecule has 0 aromatic heterocycles. The molecule has 0 saturated carbocycles. The van der Waals surface area contributed by atoms with Gasteiger partial charge in [0.05, 0.1) is 5.69 Å². The van der Waals surface area contributed by atoms with Crippen molar-refractivity contribution in [2.75, 3.05) is 38.2 Å². The lowest BCUT2D eigenvalue weighted by Gasteiger charge is -2.19. The van der Waals surface area contributed by atoms with Gasteiger partial charge in [0.2, 0.25) is 0 Å². The van der Waals surface area contributed by atoms with Crippen molar-refractivity contribution in [3.8, 4) is 11.5 Å². The molecular weight excluding hydrogens is 316 g/mol. The number of para-hydroxylation sites is 3. The number of hydrogen-bond donors (Lipinski definition) is 1. The smallest absolute Gasteiger partial charge is 0.262 e. The fourth-order valence-corrected chi connectivity index (χ4v) is 2.37. The number of nitrogens with one attached hydrogen (secondary N) is 1. The lowest BCUT2D eigenvalue weighted by atomic mass is 10.3. The Morgan fingerprint density at radius 2 is 1.64 bits per heavy atom. The first-order chi connectivity index (χ1) is 12.2. The van der Waals surface area contributed by atoms with Crippen molar-refractivity contribution in [1.82, 2.24) is 4.90 Å². The highest BCUT2D eigenvalue weighted by Crippen LogP contribution is 2.23. The van der Waals surface area contributed by atoms with E-state index in [1.807, 2.05) is 54.6 Å². The molecule has 0 spiro atoms. The molecule has 0 bridgehead atoms. The summed E-state index contributed by atoms with van der Waals surface area (Å²) in [5, 5.41) is 2.84. The van der Waals surface area contributed by atoms with Crippen molar-refractivity contribution in [3.05, 3.63) is 54.6 Å². The summed E-state index contributed by atoms with van der Waals surface area (Å²) in [7, 11) is 0. The average molecular weight is 342 g/mol. The van der Waals surface area contributed by atoms with Gasteiger partial charge in [-0.15, -0.1) is 0 Å². The zero-order chi connectivity index (χ0) is 17.9. The number of carbonyl (C=O) groups excluding carboxylic acids is 1. The van der Waals surface area contributed by atoms with E-state index in [-0.39, 0.29) is 12.5 Å². The van der Waals surface area contributed by atoms with Gasteiger partial charge in [-0.3, -0.25) is 4.79 Å². The van der Waals surface area contributed by atoms with Crippen LogP contribution in [0.2, 0.25) is 0 Å². The second kappa shape index (κ2) is 10.4. The first kappa shape index (κ1) is 18.8. The highest BCUT2D eigenvalue weighted by molar-refractivity contribution is 5.93. The van der Waals surface area contributed by atoms with E-state index in [2.05, 4.69) is 24.1 Å². The van der Waals surface area contributed by atoms with Gasteiger partial charge in [-0.25, -0.2) is 0 Å². The van der Waals surface area contributed by atoms with Crippen LogP contribution in [0.4, 0.5) is 5.69 Å². The topological polar surface area (TPSA) is 50.8 Å². The summed E-state index contributed by atoms with van der Waals surface area (Å²) in [5.74, 6) is 1.12. The van der Waals surface area contributed by atoms with E-state index in [0.717, 1.165) is 19.6 Å². The molecule has 0 saturated heterocycles. The minimum atomic E-state index is -0.219. The summed E-state index contributed by atoms with van der Waals surface area (Å²) in [6.45, 7) is 7.64. The van der Waals surface area contributed by atoms with Gasteiger partial charge in [-0.05, 0) is 37.4 Å². The largest absolute Gasteiger partial charge is 0.490 e. The van der Waals surface area contributed by atoms with Gasteiger partial charge in [0.15, 0.2) is 6.61 Å². The molecule has 5 heteroatoms. The van der Waals surface area contributed by atoms with Crippen molar-refractivity contribution >= 4 is 11.6 Å². The molecule has 134 valence electrons.